The summed E-state index contributed by atoms with van der Waals surface area (Å²) in [5, 5.41) is 3.22. The number of anilines is 1. The second kappa shape index (κ2) is 6.91. The number of amides is 2. The fourth-order valence-corrected chi connectivity index (χ4v) is 4.04. The molecule has 1 aromatic heterocycles. The lowest BCUT2D eigenvalue weighted by atomic mass is 9.88. The lowest BCUT2D eigenvalue weighted by Crippen LogP contribution is -2.19. The molecule has 1 heterocycles. The number of thiophene rings is 1. The minimum Gasteiger partial charge on any atom is -0.469 e. The monoisotopic (exact) mass is 324 g/mol. The Labute approximate surface area is 133 Å². The molecule has 22 heavy (non-hydrogen) atoms. The maximum atomic E-state index is 11.9. The maximum Gasteiger partial charge on any atom is 0.306 e. The van der Waals surface area contributed by atoms with Gasteiger partial charge in [0.2, 0.25) is 5.91 Å². The summed E-state index contributed by atoms with van der Waals surface area (Å²) in [5.41, 5.74) is 6.88. The van der Waals surface area contributed by atoms with Crippen molar-refractivity contribution in [1.29, 1.82) is 0 Å². The van der Waals surface area contributed by atoms with E-state index in [1.54, 1.807) is 0 Å². The van der Waals surface area contributed by atoms with Gasteiger partial charge in [0.25, 0.3) is 5.91 Å². The number of carbonyl (C=O) groups is 3. The summed E-state index contributed by atoms with van der Waals surface area (Å²) in [7, 11) is 1.28. The SMILES string of the molecule is COC(=O)CCC(=O)Nc1sc2c(c1C(N)=O)CCC(C)C2. The minimum absolute atomic E-state index is 0.0103. The molecule has 0 aromatic carbocycles. The Balaban J connectivity index is 2.15. The van der Waals surface area contributed by atoms with Crippen LogP contribution in [-0.4, -0.2) is 24.9 Å². The largest absolute Gasteiger partial charge is 0.469 e. The number of esters is 1. The van der Waals surface area contributed by atoms with Crippen LogP contribution in [0, 0.1) is 5.92 Å². The molecule has 3 N–H and O–H groups in total. The molecule has 1 aromatic rings. The van der Waals surface area contributed by atoms with E-state index < -0.39 is 11.9 Å². The first-order valence-electron chi connectivity index (χ1n) is 7.23. The molecule has 0 saturated heterocycles. The molecule has 0 bridgehead atoms. The number of methoxy groups -OCH3 is 1. The molecule has 0 fully saturated rings. The predicted octanol–water partition coefficient (Wildman–Crippen LogP) is 1.86. The van der Waals surface area contributed by atoms with E-state index in [2.05, 4.69) is 17.0 Å². The second-order valence-electron chi connectivity index (χ2n) is 5.54. The number of rotatable bonds is 5. The highest BCUT2D eigenvalue weighted by Crippen LogP contribution is 2.39. The normalized spacial score (nSPS) is 16.7. The highest BCUT2D eigenvalue weighted by molar-refractivity contribution is 7.17. The first kappa shape index (κ1) is 16.5. The third kappa shape index (κ3) is 3.65. The number of hydrogen-bond acceptors (Lipinski definition) is 5. The van der Waals surface area contributed by atoms with E-state index in [-0.39, 0.29) is 18.7 Å². The van der Waals surface area contributed by atoms with Gasteiger partial charge in [-0.15, -0.1) is 11.3 Å². The maximum absolute atomic E-state index is 11.9. The van der Waals surface area contributed by atoms with Gasteiger partial charge >= 0.3 is 5.97 Å². The highest BCUT2D eigenvalue weighted by atomic mass is 32.1. The first-order chi connectivity index (χ1) is 10.4. The van der Waals surface area contributed by atoms with E-state index in [1.807, 2.05) is 0 Å². The van der Waals surface area contributed by atoms with Crippen molar-refractivity contribution in [2.45, 2.75) is 39.0 Å². The van der Waals surface area contributed by atoms with Gasteiger partial charge in [0.1, 0.15) is 5.00 Å². The predicted molar refractivity (Wildman–Crippen MR) is 83.9 cm³/mol. The summed E-state index contributed by atoms with van der Waals surface area (Å²) >= 11 is 1.41. The van der Waals surface area contributed by atoms with Gasteiger partial charge in [0.05, 0.1) is 19.1 Å². The molecular formula is C15H20N2O4S. The van der Waals surface area contributed by atoms with Crippen molar-refractivity contribution in [3.63, 3.8) is 0 Å². The number of hydrogen-bond donors (Lipinski definition) is 2. The molecule has 1 unspecified atom stereocenters. The summed E-state index contributed by atoms with van der Waals surface area (Å²) in [6.07, 6.45) is 2.75. The van der Waals surface area contributed by atoms with Gasteiger partial charge in [0.15, 0.2) is 0 Å². The number of carbonyl (C=O) groups excluding carboxylic acids is 3. The quantitative estimate of drug-likeness (QED) is 0.808. The first-order valence-corrected chi connectivity index (χ1v) is 8.05. The lowest BCUT2D eigenvalue weighted by Gasteiger charge is -2.18. The van der Waals surface area contributed by atoms with E-state index in [0.717, 1.165) is 29.7 Å². The number of fused-ring (bicyclic) bond motifs is 1. The van der Waals surface area contributed by atoms with Crippen LogP contribution in [0.5, 0.6) is 0 Å². The zero-order valence-electron chi connectivity index (χ0n) is 12.7. The number of ether oxygens (including phenoxy) is 1. The average molecular weight is 324 g/mol. The van der Waals surface area contributed by atoms with E-state index in [4.69, 9.17) is 5.73 Å². The molecule has 120 valence electrons. The third-order valence-electron chi connectivity index (χ3n) is 3.79. The Morgan fingerprint density at radius 3 is 2.73 bits per heavy atom. The van der Waals surface area contributed by atoms with Crippen LogP contribution in [-0.2, 0) is 27.2 Å². The van der Waals surface area contributed by atoms with Crippen molar-refractivity contribution >= 4 is 34.1 Å². The van der Waals surface area contributed by atoms with Crippen molar-refractivity contribution < 1.29 is 19.1 Å². The Bertz CT molecular complexity index is 609. The zero-order chi connectivity index (χ0) is 16.3. The van der Waals surface area contributed by atoms with Gasteiger partial charge in [-0.05, 0) is 30.7 Å². The third-order valence-corrected chi connectivity index (χ3v) is 4.96. The van der Waals surface area contributed by atoms with Gasteiger partial charge in [-0.3, -0.25) is 14.4 Å². The summed E-state index contributed by atoms with van der Waals surface area (Å²) in [6.45, 7) is 2.17. The molecule has 0 radical (unpaired) electrons. The molecule has 7 heteroatoms. The number of nitrogens with two attached hydrogens (primary N) is 1. The smallest absolute Gasteiger partial charge is 0.306 e. The second-order valence-corrected chi connectivity index (χ2v) is 6.65. The van der Waals surface area contributed by atoms with Crippen LogP contribution in [0.3, 0.4) is 0 Å². The summed E-state index contributed by atoms with van der Waals surface area (Å²) in [5.74, 6) is -0.714. The van der Waals surface area contributed by atoms with Crippen molar-refractivity contribution in [2.24, 2.45) is 11.7 Å². The topological polar surface area (TPSA) is 98.5 Å². The Kier molecular flexibility index (Phi) is 5.18. The Morgan fingerprint density at radius 1 is 1.36 bits per heavy atom. The zero-order valence-corrected chi connectivity index (χ0v) is 13.5. The van der Waals surface area contributed by atoms with E-state index >= 15 is 0 Å². The molecule has 1 atom stereocenters. The van der Waals surface area contributed by atoms with Crippen molar-refractivity contribution in [2.75, 3.05) is 12.4 Å². The van der Waals surface area contributed by atoms with Crippen LogP contribution in [0.4, 0.5) is 5.00 Å². The highest BCUT2D eigenvalue weighted by Gasteiger charge is 2.27. The lowest BCUT2D eigenvalue weighted by molar-refractivity contribution is -0.141. The van der Waals surface area contributed by atoms with Gasteiger partial charge in [-0.2, -0.15) is 0 Å². The van der Waals surface area contributed by atoms with Crippen molar-refractivity contribution in [3.8, 4) is 0 Å². The molecule has 0 saturated carbocycles. The fourth-order valence-electron chi connectivity index (χ4n) is 2.61. The molecular weight excluding hydrogens is 304 g/mol. The minimum atomic E-state index is -0.518. The molecule has 2 rings (SSSR count). The van der Waals surface area contributed by atoms with Crippen LogP contribution >= 0.6 is 11.3 Å². The molecule has 2 amide bonds. The van der Waals surface area contributed by atoms with Crippen molar-refractivity contribution in [1.82, 2.24) is 0 Å². The number of primary amides is 1. The van der Waals surface area contributed by atoms with Crippen LogP contribution < -0.4 is 11.1 Å². The molecule has 1 aliphatic carbocycles. The Hall–Kier alpha value is -1.89. The molecule has 0 spiro atoms. The summed E-state index contributed by atoms with van der Waals surface area (Å²) in [6, 6.07) is 0. The molecule has 1 aliphatic rings. The number of nitrogens with one attached hydrogen (secondary N) is 1. The van der Waals surface area contributed by atoms with Gasteiger partial charge in [0, 0.05) is 11.3 Å². The van der Waals surface area contributed by atoms with Gasteiger partial charge < -0.3 is 15.8 Å². The van der Waals surface area contributed by atoms with Crippen molar-refractivity contribution in [3.05, 3.63) is 16.0 Å². The standard InChI is InChI=1S/C15H20N2O4S/c1-8-3-4-9-10(7-8)22-15(13(9)14(16)20)17-11(18)5-6-12(19)21-2/h8H,3-7H2,1-2H3,(H2,16,20)(H,17,18). The Morgan fingerprint density at radius 2 is 2.09 bits per heavy atom. The van der Waals surface area contributed by atoms with Gasteiger partial charge in [-0.25, -0.2) is 0 Å². The van der Waals surface area contributed by atoms with E-state index in [1.165, 1.54) is 18.4 Å². The van der Waals surface area contributed by atoms with E-state index in [0.29, 0.717) is 16.5 Å². The van der Waals surface area contributed by atoms with E-state index in [9.17, 15) is 14.4 Å². The van der Waals surface area contributed by atoms with Crippen LogP contribution in [0.1, 0.15) is 47.0 Å². The van der Waals surface area contributed by atoms with Crippen LogP contribution in [0.2, 0.25) is 0 Å². The summed E-state index contributed by atoms with van der Waals surface area (Å²) < 4.78 is 4.50. The molecule has 0 aliphatic heterocycles. The van der Waals surface area contributed by atoms with Crippen LogP contribution in [0.15, 0.2) is 0 Å². The van der Waals surface area contributed by atoms with Gasteiger partial charge in [-0.1, -0.05) is 6.92 Å². The van der Waals surface area contributed by atoms with Crippen LogP contribution in [0.25, 0.3) is 0 Å². The fraction of sp³-hybridized carbons (Fsp3) is 0.533. The average Bonchev–Trinajstić information content (AvgIpc) is 2.81. The summed E-state index contributed by atoms with van der Waals surface area (Å²) in [4.78, 5) is 35.8. The molecule has 6 nitrogen and oxygen atoms in total.